The standard InChI is InChI=1S/C15H14N4O/c16-7-14-15(4-2-6-18-14)19-9-12(10-19)11-20-13-3-1-5-17-8-13/h1-6,8,12H,9-11H2. The van der Waals surface area contributed by atoms with Gasteiger partial charge in [0.15, 0.2) is 5.69 Å². The summed E-state index contributed by atoms with van der Waals surface area (Å²) in [6.45, 7) is 2.45. The largest absolute Gasteiger partial charge is 0.492 e. The minimum atomic E-state index is 0.474. The first-order chi connectivity index (χ1) is 9.86. The van der Waals surface area contributed by atoms with Crippen molar-refractivity contribution in [3.63, 3.8) is 0 Å². The summed E-state index contributed by atoms with van der Waals surface area (Å²) in [4.78, 5) is 10.2. The molecule has 1 aliphatic rings. The van der Waals surface area contributed by atoms with Gasteiger partial charge in [-0.1, -0.05) is 0 Å². The van der Waals surface area contributed by atoms with Crippen LogP contribution >= 0.6 is 0 Å². The Morgan fingerprint density at radius 3 is 2.90 bits per heavy atom. The number of rotatable bonds is 4. The molecule has 2 aromatic heterocycles. The highest BCUT2D eigenvalue weighted by atomic mass is 16.5. The summed E-state index contributed by atoms with van der Waals surface area (Å²) in [6, 6.07) is 9.68. The molecule has 0 bridgehead atoms. The van der Waals surface area contributed by atoms with Crippen LogP contribution in [0.4, 0.5) is 5.69 Å². The van der Waals surface area contributed by atoms with Crippen LogP contribution in [-0.2, 0) is 0 Å². The van der Waals surface area contributed by atoms with Gasteiger partial charge in [0.05, 0.1) is 18.5 Å². The van der Waals surface area contributed by atoms with Crippen LogP contribution in [0.1, 0.15) is 5.69 Å². The van der Waals surface area contributed by atoms with Crippen molar-refractivity contribution in [3.8, 4) is 11.8 Å². The SMILES string of the molecule is N#Cc1ncccc1N1CC(COc2cccnc2)C1. The van der Waals surface area contributed by atoms with Gasteiger partial charge in [0.25, 0.3) is 0 Å². The van der Waals surface area contributed by atoms with Crippen molar-refractivity contribution in [2.24, 2.45) is 5.92 Å². The number of nitrogens with zero attached hydrogens (tertiary/aromatic N) is 4. The molecule has 1 fully saturated rings. The second-order valence-electron chi connectivity index (χ2n) is 4.75. The van der Waals surface area contributed by atoms with Crippen LogP contribution in [0.5, 0.6) is 5.75 Å². The summed E-state index contributed by atoms with van der Waals surface area (Å²) in [5.41, 5.74) is 1.40. The molecule has 1 saturated heterocycles. The molecule has 3 heterocycles. The highest BCUT2D eigenvalue weighted by Gasteiger charge is 2.29. The molecule has 3 rings (SSSR count). The molecule has 2 aromatic rings. The summed E-state index contributed by atoms with van der Waals surface area (Å²) in [6.07, 6.45) is 5.08. The molecule has 0 radical (unpaired) electrons. The molecule has 0 aromatic carbocycles. The highest BCUT2D eigenvalue weighted by Crippen LogP contribution is 2.26. The maximum atomic E-state index is 9.03. The first-order valence-electron chi connectivity index (χ1n) is 6.49. The third kappa shape index (κ3) is 2.54. The number of ether oxygens (including phenoxy) is 1. The summed E-state index contributed by atoms with van der Waals surface area (Å²) >= 11 is 0. The first-order valence-corrected chi connectivity index (χ1v) is 6.49. The van der Waals surface area contributed by atoms with Gasteiger partial charge in [0, 0.05) is 31.4 Å². The van der Waals surface area contributed by atoms with E-state index in [1.807, 2.05) is 24.3 Å². The van der Waals surface area contributed by atoms with Crippen LogP contribution in [0, 0.1) is 17.2 Å². The minimum absolute atomic E-state index is 0.474. The van der Waals surface area contributed by atoms with E-state index < -0.39 is 0 Å². The molecule has 0 spiro atoms. The van der Waals surface area contributed by atoms with Gasteiger partial charge in [-0.05, 0) is 24.3 Å². The number of anilines is 1. The predicted octanol–water partition coefficient (Wildman–Crippen LogP) is 1.86. The van der Waals surface area contributed by atoms with E-state index in [9.17, 15) is 0 Å². The number of aromatic nitrogens is 2. The van der Waals surface area contributed by atoms with Crippen molar-refractivity contribution in [2.45, 2.75) is 0 Å². The first kappa shape index (κ1) is 12.4. The van der Waals surface area contributed by atoms with Gasteiger partial charge in [0.1, 0.15) is 11.8 Å². The predicted molar refractivity (Wildman–Crippen MR) is 74.4 cm³/mol. The number of hydrogen-bond donors (Lipinski definition) is 0. The van der Waals surface area contributed by atoms with Gasteiger partial charge >= 0.3 is 0 Å². The monoisotopic (exact) mass is 266 g/mol. The van der Waals surface area contributed by atoms with Gasteiger partial charge < -0.3 is 9.64 Å². The fraction of sp³-hybridized carbons (Fsp3) is 0.267. The van der Waals surface area contributed by atoms with Crippen LogP contribution in [0.25, 0.3) is 0 Å². The van der Waals surface area contributed by atoms with Gasteiger partial charge in [-0.15, -0.1) is 0 Å². The van der Waals surface area contributed by atoms with Gasteiger partial charge in [0.2, 0.25) is 0 Å². The van der Waals surface area contributed by atoms with E-state index in [0.717, 1.165) is 24.5 Å². The molecule has 0 aliphatic carbocycles. The second kappa shape index (κ2) is 5.57. The summed E-state index contributed by atoms with van der Waals surface area (Å²) < 4.78 is 5.68. The van der Waals surface area contributed by atoms with Crippen molar-refractivity contribution in [1.29, 1.82) is 5.26 Å². The zero-order valence-corrected chi connectivity index (χ0v) is 10.9. The Bertz CT molecular complexity index is 617. The lowest BCUT2D eigenvalue weighted by molar-refractivity contribution is 0.220. The van der Waals surface area contributed by atoms with E-state index >= 15 is 0 Å². The number of nitriles is 1. The molecule has 0 saturated carbocycles. The summed E-state index contributed by atoms with van der Waals surface area (Å²) in [5, 5.41) is 9.03. The van der Waals surface area contributed by atoms with Crippen LogP contribution < -0.4 is 9.64 Å². The Balaban J connectivity index is 1.53. The van der Waals surface area contributed by atoms with Crippen LogP contribution in [0.15, 0.2) is 42.9 Å². The van der Waals surface area contributed by atoms with E-state index in [1.165, 1.54) is 0 Å². The lowest BCUT2D eigenvalue weighted by atomic mass is 10.00. The average Bonchev–Trinajstić information content (AvgIpc) is 2.47. The third-order valence-corrected chi connectivity index (χ3v) is 3.31. The van der Waals surface area contributed by atoms with Crippen molar-refractivity contribution in [1.82, 2.24) is 9.97 Å². The minimum Gasteiger partial charge on any atom is -0.492 e. The molecule has 0 amide bonds. The zero-order chi connectivity index (χ0) is 13.8. The molecular weight excluding hydrogens is 252 g/mol. The Hall–Kier alpha value is -2.61. The van der Waals surface area contributed by atoms with E-state index in [2.05, 4.69) is 20.9 Å². The topological polar surface area (TPSA) is 62.0 Å². The van der Waals surface area contributed by atoms with Gasteiger partial charge in [-0.3, -0.25) is 4.98 Å². The zero-order valence-electron chi connectivity index (χ0n) is 10.9. The molecule has 1 aliphatic heterocycles. The Morgan fingerprint density at radius 1 is 1.30 bits per heavy atom. The average molecular weight is 266 g/mol. The summed E-state index contributed by atoms with van der Waals surface area (Å²) in [7, 11) is 0. The normalized spacial score (nSPS) is 14.4. The molecular formula is C15H14N4O. The lowest BCUT2D eigenvalue weighted by Crippen LogP contribution is -2.49. The molecule has 0 N–H and O–H groups in total. The van der Waals surface area contributed by atoms with Crippen molar-refractivity contribution < 1.29 is 4.74 Å². The highest BCUT2D eigenvalue weighted by molar-refractivity contribution is 5.57. The molecule has 100 valence electrons. The van der Waals surface area contributed by atoms with Crippen molar-refractivity contribution in [3.05, 3.63) is 48.5 Å². The Labute approximate surface area is 117 Å². The van der Waals surface area contributed by atoms with Gasteiger partial charge in [-0.2, -0.15) is 5.26 Å². The molecule has 0 atom stereocenters. The Morgan fingerprint density at radius 2 is 2.15 bits per heavy atom. The lowest BCUT2D eigenvalue weighted by Gasteiger charge is -2.40. The maximum absolute atomic E-state index is 9.03. The van der Waals surface area contributed by atoms with Crippen molar-refractivity contribution in [2.75, 3.05) is 24.6 Å². The van der Waals surface area contributed by atoms with Crippen LogP contribution in [0.2, 0.25) is 0 Å². The van der Waals surface area contributed by atoms with Crippen LogP contribution in [0.3, 0.4) is 0 Å². The fourth-order valence-corrected chi connectivity index (χ4v) is 2.26. The van der Waals surface area contributed by atoms with E-state index in [1.54, 1.807) is 18.6 Å². The Kier molecular flexibility index (Phi) is 3.46. The van der Waals surface area contributed by atoms with E-state index in [0.29, 0.717) is 18.2 Å². The van der Waals surface area contributed by atoms with Crippen LogP contribution in [-0.4, -0.2) is 29.7 Å². The molecule has 0 unspecified atom stereocenters. The second-order valence-corrected chi connectivity index (χ2v) is 4.75. The number of hydrogen-bond acceptors (Lipinski definition) is 5. The van der Waals surface area contributed by atoms with Crippen molar-refractivity contribution >= 4 is 5.69 Å². The number of pyridine rings is 2. The maximum Gasteiger partial charge on any atom is 0.163 e. The smallest absolute Gasteiger partial charge is 0.163 e. The van der Waals surface area contributed by atoms with E-state index in [-0.39, 0.29) is 0 Å². The molecule has 5 heteroatoms. The molecule has 20 heavy (non-hydrogen) atoms. The van der Waals surface area contributed by atoms with Gasteiger partial charge in [-0.25, -0.2) is 4.98 Å². The third-order valence-electron chi connectivity index (χ3n) is 3.31. The fourth-order valence-electron chi connectivity index (χ4n) is 2.26. The quantitative estimate of drug-likeness (QED) is 0.845. The summed E-state index contributed by atoms with van der Waals surface area (Å²) in [5.74, 6) is 1.27. The molecule has 5 nitrogen and oxygen atoms in total. The van der Waals surface area contributed by atoms with E-state index in [4.69, 9.17) is 10.00 Å².